The molecule has 0 aromatic rings. The third kappa shape index (κ3) is 2.04. The summed E-state index contributed by atoms with van der Waals surface area (Å²) in [5.41, 5.74) is 5.43. The van der Waals surface area contributed by atoms with Crippen molar-refractivity contribution in [1.82, 2.24) is 0 Å². The van der Waals surface area contributed by atoms with E-state index in [0.29, 0.717) is 25.7 Å². The Kier molecular flexibility index (Phi) is 2.81. The topological polar surface area (TPSA) is 80.4 Å². The van der Waals surface area contributed by atoms with Crippen molar-refractivity contribution in [3.63, 3.8) is 0 Å². The number of hydrogen-bond acceptors (Lipinski definition) is 3. The maximum Gasteiger partial charge on any atom is 0.320 e. The van der Waals surface area contributed by atoms with Crippen LogP contribution in [0.5, 0.6) is 0 Å². The second-order valence-corrected chi connectivity index (χ2v) is 3.24. The number of carboxylic acids is 1. The fourth-order valence-electron chi connectivity index (χ4n) is 1.52. The maximum absolute atomic E-state index is 10.8. The summed E-state index contributed by atoms with van der Waals surface area (Å²) < 4.78 is 0. The molecule has 0 aromatic carbocycles. The van der Waals surface area contributed by atoms with Crippen molar-refractivity contribution in [3.8, 4) is 0 Å². The molecule has 1 aliphatic carbocycles. The van der Waals surface area contributed by atoms with Crippen LogP contribution in [-0.2, 0) is 9.59 Å². The number of Topliss-reactive ketones (excluding diaryl/α,β-unsaturated/α-hetero) is 1. The predicted molar refractivity (Wildman–Crippen MR) is 42.6 cm³/mol. The van der Waals surface area contributed by atoms with Gasteiger partial charge in [0.15, 0.2) is 0 Å². The van der Waals surface area contributed by atoms with Gasteiger partial charge in [-0.05, 0) is 18.8 Å². The summed E-state index contributed by atoms with van der Waals surface area (Å²) in [5, 5.41) is 8.59. The molecule has 0 amide bonds. The van der Waals surface area contributed by atoms with Gasteiger partial charge in [0.25, 0.3) is 0 Å². The van der Waals surface area contributed by atoms with E-state index in [1.54, 1.807) is 0 Å². The van der Waals surface area contributed by atoms with Gasteiger partial charge in [0.1, 0.15) is 11.8 Å². The minimum absolute atomic E-state index is 0.0137. The largest absolute Gasteiger partial charge is 0.480 e. The number of carboxylic acid groups (broad SMARTS) is 1. The monoisotopic (exact) mass is 171 g/mol. The molecule has 0 heterocycles. The first kappa shape index (κ1) is 9.19. The van der Waals surface area contributed by atoms with Gasteiger partial charge in [0.05, 0.1) is 0 Å². The highest BCUT2D eigenvalue weighted by molar-refractivity contribution is 5.80. The first-order chi connectivity index (χ1) is 5.61. The van der Waals surface area contributed by atoms with E-state index < -0.39 is 12.0 Å². The Morgan fingerprint density at radius 1 is 1.50 bits per heavy atom. The summed E-state index contributed by atoms with van der Waals surface area (Å²) >= 11 is 0. The Bertz CT molecular complexity index is 192. The summed E-state index contributed by atoms with van der Waals surface area (Å²) in [5.74, 6) is -0.751. The third-order valence-electron chi connectivity index (χ3n) is 2.38. The van der Waals surface area contributed by atoms with Gasteiger partial charge in [0.2, 0.25) is 0 Å². The molecule has 1 fully saturated rings. The number of aliphatic carboxylic acids is 1. The molecule has 4 nitrogen and oxygen atoms in total. The van der Waals surface area contributed by atoms with Crippen LogP contribution in [0.1, 0.15) is 25.7 Å². The van der Waals surface area contributed by atoms with Crippen molar-refractivity contribution >= 4 is 11.8 Å². The van der Waals surface area contributed by atoms with Gasteiger partial charge in [-0.15, -0.1) is 0 Å². The summed E-state index contributed by atoms with van der Waals surface area (Å²) in [4.78, 5) is 21.3. The lowest BCUT2D eigenvalue weighted by Crippen LogP contribution is -2.39. The van der Waals surface area contributed by atoms with Gasteiger partial charge in [0, 0.05) is 12.8 Å². The lowest BCUT2D eigenvalue weighted by Gasteiger charge is -2.23. The molecule has 0 aromatic heterocycles. The lowest BCUT2D eigenvalue weighted by molar-refractivity contribution is -0.140. The second kappa shape index (κ2) is 3.67. The molecular formula is C8H13NO3. The molecule has 68 valence electrons. The van der Waals surface area contributed by atoms with E-state index in [-0.39, 0.29) is 11.7 Å². The summed E-state index contributed by atoms with van der Waals surface area (Å²) in [7, 11) is 0. The number of nitrogens with two attached hydrogens (primary N) is 1. The second-order valence-electron chi connectivity index (χ2n) is 3.24. The standard InChI is InChI=1S/C8H13NO3/c9-7(8(11)12)5-1-3-6(10)4-2-5/h5,7H,1-4,9H2,(H,11,12)/t7-/m0/s1. The van der Waals surface area contributed by atoms with E-state index in [9.17, 15) is 9.59 Å². The first-order valence-electron chi connectivity index (χ1n) is 4.11. The first-order valence-corrected chi connectivity index (χ1v) is 4.11. The van der Waals surface area contributed by atoms with Crippen molar-refractivity contribution in [2.24, 2.45) is 11.7 Å². The Morgan fingerprint density at radius 2 is 2.00 bits per heavy atom. The van der Waals surface area contributed by atoms with Crippen molar-refractivity contribution in [1.29, 1.82) is 0 Å². The van der Waals surface area contributed by atoms with Crippen LogP contribution in [0.2, 0.25) is 0 Å². The molecule has 1 atom stereocenters. The third-order valence-corrected chi connectivity index (χ3v) is 2.38. The van der Waals surface area contributed by atoms with E-state index in [4.69, 9.17) is 10.8 Å². The molecule has 0 radical (unpaired) electrons. The lowest BCUT2D eigenvalue weighted by atomic mass is 9.84. The van der Waals surface area contributed by atoms with E-state index in [1.165, 1.54) is 0 Å². The van der Waals surface area contributed by atoms with Crippen LogP contribution in [0.3, 0.4) is 0 Å². The molecule has 0 unspecified atom stereocenters. The molecular weight excluding hydrogens is 158 g/mol. The Morgan fingerprint density at radius 3 is 2.42 bits per heavy atom. The fourth-order valence-corrected chi connectivity index (χ4v) is 1.52. The molecule has 0 spiro atoms. The van der Waals surface area contributed by atoms with Crippen molar-refractivity contribution in [2.75, 3.05) is 0 Å². The Balaban J connectivity index is 2.44. The molecule has 3 N–H and O–H groups in total. The highest BCUT2D eigenvalue weighted by atomic mass is 16.4. The van der Waals surface area contributed by atoms with Gasteiger partial charge in [-0.25, -0.2) is 0 Å². The predicted octanol–water partition coefficient (Wildman–Crippen LogP) is 0.158. The van der Waals surface area contributed by atoms with E-state index in [2.05, 4.69) is 0 Å². The van der Waals surface area contributed by atoms with Crippen LogP contribution < -0.4 is 5.73 Å². The minimum atomic E-state index is -0.964. The van der Waals surface area contributed by atoms with Crippen LogP contribution in [0.25, 0.3) is 0 Å². The van der Waals surface area contributed by atoms with Crippen molar-refractivity contribution in [3.05, 3.63) is 0 Å². The average molecular weight is 171 g/mol. The summed E-state index contributed by atoms with van der Waals surface area (Å²) in [6, 6.07) is -0.793. The molecule has 0 aliphatic heterocycles. The normalized spacial score (nSPS) is 22.2. The van der Waals surface area contributed by atoms with Gasteiger partial charge < -0.3 is 10.8 Å². The fraction of sp³-hybridized carbons (Fsp3) is 0.750. The van der Waals surface area contributed by atoms with Crippen LogP contribution in [0.15, 0.2) is 0 Å². The molecule has 1 aliphatic rings. The summed E-state index contributed by atoms with van der Waals surface area (Å²) in [6.45, 7) is 0. The van der Waals surface area contributed by atoms with Gasteiger partial charge in [-0.1, -0.05) is 0 Å². The molecule has 4 heteroatoms. The number of ketones is 1. The number of carbonyl (C=O) groups excluding carboxylic acids is 1. The highest BCUT2D eigenvalue weighted by Crippen LogP contribution is 2.23. The van der Waals surface area contributed by atoms with Crippen molar-refractivity contribution < 1.29 is 14.7 Å². The molecule has 0 saturated heterocycles. The van der Waals surface area contributed by atoms with Gasteiger partial charge in [-0.3, -0.25) is 9.59 Å². The van der Waals surface area contributed by atoms with E-state index in [1.807, 2.05) is 0 Å². The van der Waals surface area contributed by atoms with E-state index in [0.717, 1.165) is 0 Å². The van der Waals surface area contributed by atoms with Crippen molar-refractivity contribution in [2.45, 2.75) is 31.7 Å². The molecule has 12 heavy (non-hydrogen) atoms. The number of rotatable bonds is 2. The summed E-state index contributed by atoms with van der Waals surface area (Å²) in [6.07, 6.45) is 2.25. The zero-order valence-corrected chi connectivity index (χ0v) is 6.82. The minimum Gasteiger partial charge on any atom is -0.480 e. The van der Waals surface area contributed by atoms with Gasteiger partial charge >= 0.3 is 5.97 Å². The van der Waals surface area contributed by atoms with Crippen LogP contribution >= 0.6 is 0 Å². The van der Waals surface area contributed by atoms with Crippen LogP contribution in [-0.4, -0.2) is 22.9 Å². The molecule has 1 rings (SSSR count). The zero-order valence-electron chi connectivity index (χ0n) is 6.82. The van der Waals surface area contributed by atoms with Crippen LogP contribution in [0, 0.1) is 5.92 Å². The van der Waals surface area contributed by atoms with Crippen LogP contribution in [0.4, 0.5) is 0 Å². The maximum atomic E-state index is 10.8. The Labute approximate surface area is 70.7 Å². The highest BCUT2D eigenvalue weighted by Gasteiger charge is 2.28. The number of hydrogen-bond donors (Lipinski definition) is 2. The molecule has 1 saturated carbocycles. The molecule has 0 bridgehead atoms. The number of carbonyl (C=O) groups is 2. The average Bonchev–Trinajstić information content (AvgIpc) is 2.04. The quantitative estimate of drug-likeness (QED) is 0.620. The Hall–Kier alpha value is -0.900. The SMILES string of the molecule is N[C@H](C(=O)O)C1CCC(=O)CC1. The van der Waals surface area contributed by atoms with E-state index >= 15 is 0 Å². The smallest absolute Gasteiger partial charge is 0.320 e. The zero-order chi connectivity index (χ0) is 9.14. The van der Waals surface area contributed by atoms with Gasteiger partial charge in [-0.2, -0.15) is 0 Å².